The predicted octanol–water partition coefficient (Wildman–Crippen LogP) is 2.79. The van der Waals surface area contributed by atoms with Gasteiger partial charge in [0.1, 0.15) is 11.4 Å². The zero-order valence-electron chi connectivity index (χ0n) is 12.2. The summed E-state index contributed by atoms with van der Waals surface area (Å²) < 4.78 is 5.24. The van der Waals surface area contributed by atoms with Crippen LogP contribution < -0.4 is 9.64 Å². The molecule has 1 aliphatic heterocycles. The molecule has 0 radical (unpaired) electrons. The Hall–Kier alpha value is -3.22. The van der Waals surface area contributed by atoms with Crippen molar-refractivity contribution < 1.29 is 19.2 Å². The molecule has 3 rings (SSSR count). The van der Waals surface area contributed by atoms with Gasteiger partial charge in [-0.05, 0) is 31.2 Å². The van der Waals surface area contributed by atoms with Crippen LogP contribution in [-0.4, -0.2) is 23.3 Å². The first-order valence-electron chi connectivity index (χ1n) is 6.93. The largest absolute Gasteiger partial charge is 0.494 e. The Labute approximate surface area is 131 Å². The van der Waals surface area contributed by atoms with Gasteiger partial charge in [-0.2, -0.15) is 0 Å². The summed E-state index contributed by atoms with van der Waals surface area (Å²) in [6.07, 6.45) is 0. The van der Waals surface area contributed by atoms with Crippen LogP contribution in [0.25, 0.3) is 0 Å². The zero-order chi connectivity index (χ0) is 16.6. The van der Waals surface area contributed by atoms with E-state index in [1.807, 2.05) is 0 Å². The second-order valence-electron chi connectivity index (χ2n) is 4.83. The number of fused-ring (bicyclic) bond motifs is 1. The number of anilines is 1. The molecule has 116 valence electrons. The first-order chi connectivity index (χ1) is 11.0. The number of hydrogen-bond donors (Lipinski definition) is 0. The van der Waals surface area contributed by atoms with Crippen molar-refractivity contribution in [3.8, 4) is 5.75 Å². The number of carbonyl (C=O) groups is 2. The van der Waals surface area contributed by atoms with Crippen molar-refractivity contribution in [2.75, 3.05) is 11.5 Å². The Kier molecular flexibility index (Phi) is 3.53. The van der Waals surface area contributed by atoms with Crippen LogP contribution in [0.2, 0.25) is 0 Å². The number of hydrogen-bond acceptors (Lipinski definition) is 5. The van der Waals surface area contributed by atoms with Crippen molar-refractivity contribution in [2.24, 2.45) is 0 Å². The van der Waals surface area contributed by atoms with Gasteiger partial charge in [0.2, 0.25) is 0 Å². The SMILES string of the molecule is CCOc1ccc(N2C(=O)c3ccccc3C2=O)c([N+](=O)[O-])c1. The summed E-state index contributed by atoms with van der Waals surface area (Å²) in [5.41, 5.74) is 0.0523. The van der Waals surface area contributed by atoms with Crippen LogP contribution in [0, 0.1) is 10.1 Å². The average Bonchev–Trinajstić information content (AvgIpc) is 2.80. The molecular weight excluding hydrogens is 300 g/mol. The maximum Gasteiger partial charge on any atom is 0.297 e. The molecule has 1 heterocycles. The Balaban J connectivity index is 2.11. The van der Waals surface area contributed by atoms with E-state index in [1.165, 1.54) is 30.3 Å². The molecule has 7 heteroatoms. The number of nitrogens with zero attached hydrogens (tertiary/aromatic N) is 2. The van der Waals surface area contributed by atoms with Crippen LogP contribution in [-0.2, 0) is 0 Å². The standard InChI is InChI=1S/C16H12N2O5/c1-2-23-10-7-8-13(14(9-10)18(21)22)17-15(19)11-5-3-4-6-12(11)16(17)20/h3-9H,2H2,1H3. The fourth-order valence-electron chi connectivity index (χ4n) is 2.50. The van der Waals surface area contributed by atoms with Gasteiger partial charge in [0.05, 0.1) is 28.7 Å². The van der Waals surface area contributed by atoms with E-state index in [0.29, 0.717) is 12.4 Å². The quantitative estimate of drug-likeness (QED) is 0.492. The highest BCUT2D eigenvalue weighted by atomic mass is 16.6. The third kappa shape index (κ3) is 2.32. The molecule has 0 N–H and O–H groups in total. The molecule has 23 heavy (non-hydrogen) atoms. The minimum absolute atomic E-state index is 0.0651. The van der Waals surface area contributed by atoms with E-state index >= 15 is 0 Å². The summed E-state index contributed by atoms with van der Waals surface area (Å²) in [4.78, 5) is 36.4. The molecular formula is C16H12N2O5. The van der Waals surface area contributed by atoms with Crippen LogP contribution in [0.15, 0.2) is 42.5 Å². The Bertz CT molecular complexity index is 796. The van der Waals surface area contributed by atoms with E-state index in [2.05, 4.69) is 0 Å². The minimum Gasteiger partial charge on any atom is -0.494 e. The lowest BCUT2D eigenvalue weighted by Gasteiger charge is -2.14. The molecule has 7 nitrogen and oxygen atoms in total. The molecule has 0 saturated heterocycles. The molecule has 0 fully saturated rings. The summed E-state index contributed by atoms with van der Waals surface area (Å²) in [6, 6.07) is 10.4. The highest BCUT2D eigenvalue weighted by Gasteiger charge is 2.39. The number of imide groups is 1. The molecule has 1 aliphatic rings. The van der Waals surface area contributed by atoms with Gasteiger partial charge in [0.15, 0.2) is 0 Å². The number of benzene rings is 2. The molecule has 0 bridgehead atoms. The summed E-state index contributed by atoms with van der Waals surface area (Å²) in [5, 5.41) is 11.3. The van der Waals surface area contributed by atoms with Crippen molar-refractivity contribution in [1.29, 1.82) is 0 Å². The van der Waals surface area contributed by atoms with Crippen molar-refractivity contribution in [3.05, 3.63) is 63.7 Å². The van der Waals surface area contributed by atoms with E-state index in [9.17, 15) is 19.7 Å². The second-order valence-corrected chi connectivity index (χ2v) is 4.83. The zero-order valence-corrected chi connectivity index (χ0v) is 12.2. The summed E-state index contributed by atoms with van der Waals surface area (Å²) in [6.45, 7) is 2.10. The summed E-state index contributed by atoms with van der Waals surface area (Å²) >= 11 is 0. The van der Waals surface area contributed by atoms with Crippen molar-refractivity contribution in [3.63, 3.8) is 0 Å². The molecule has 2 aromatic carbocycles. The molecule has 0 saturated carbocycles. The van der Waals surface area contributed by atoms with Gasteiger partial charge in [-0.3, -0.25) is 19.7 Å². The normalized spacial score (nSPS) is 13.2. The molecule has 0 aromatic heterocycles. The van der Waals surface area contributed by atoms with Gasteiger partial charge in [0, 0.05) is 0 Å². The van der Waals surface area contributed by atoms with Crippen LogP contribution in [0.5, 0.6) is 5.75 Å². The molecule has 0 atom stereocenters. The van der Waals surface area contributed by atoms with Crippen molar-refractivity contribution >= 4 is 23.2 Å². The lowest BCUT2D eigenvalue weighted by atomic mass is 10.1. The van der Waals surface area contributed by atoms with Crippen molar-refractivity contribution in [2.45, 2.75) is 6.92 Å². The minimum atomic E-state index is -0.638. The predicted molar refractivity (Wildman–Crippen MR) is 81.8 cm³/mol. The second kappa shape index (κ2) is 5.53. The molecule has 2 amide bonds. The van der Waals surface area contributed by atoms with E-state index in [-0.39, 0.29) is 22.5 Å². The third-order valence-corrected chi connectivity index (χ3v) is 3.49. The van der Waals surface area contributed by atoms with E-state index < -0.39 is 16.7 Å². The van der Waals surface area contributed by atoms with Crippen LogP contribution in [0.1, 0.15) is 27.6 Å². The molecule has 0 spiro atoms. The number of nitro benzene ring substituents is 1. The van der Waals surface area contributed by atoms with Gasteiger partial charge < -0.3 is 4.74 Å². The third-order valence-electron chi connectivity index (χ3n) is 3.49. The Morgan fingerprint density at radius 2 is 1.70 bits per heavy atom. The van der Waals surface area contributed by atoms with Gasteiger partial charge in [-0.15, -0.1) is 0 Å². The number of amides is 2. The number of carbonyl (C=O) groups excluding carboxylic acids is 2. The topological polar surface area (TPSA) is 89.8 Å². The Morgan fingerprint density at radius 3 is 2.22 bits per heavy atom. The molecule has 0 unspecified atom stereocenters. The lowest BCUT2D eigenvalue weighted by Crippen LogP contribution is -2.30. The van der Waals surface area contributed by atoms with Gasteiger partial charge in [-0.25, -0.2) is 4.90 Å². The monoisotopic (exact) mass is 312 g/mol. The number of nitro groups is 1. The van der Waals surface area contributed by atoms with E-state index in [1.54, 1.807) is 19.1 Å². The molecule has 0 aliphatic carbocycles. The van der Waals surface area contributed by atoms with E-state index in [0.717, 1.165) is 4.90 Å². The summed E-state index contributed by atoms with van der Waals surface area (Å²) in [7, 11) is 0. The van der Waals surface area contributed by atoms with Crippen LogP contribution >= 0.6 is 0 Å². The fraction of sp³-hybridized carbons (Fsp3) is 0.125. The van der Waals surface area contributed by atoms with Gasteiger partial charge >= 0.3 is 0 Å². The smallest absolute Gasteiger partial charge is 0.297 e. The van der Waals surface area contributed by atoms with Gasteiger partial charge in [-0.1, -0.05) is 12.1 Å². The van der Waals surface area contributed by atoms with E-state index in [4.69, 9.17) is 4.74 Å². The van der Waals surface area contributed by atoms with Gasteiger partial charge in [0.25, 0.3) is 17.5 Å². The summed E-state index contributed by atoms with van der Waals surface area (Å²) in [5.74, 6) is -0.838. The van der Waals surface area contributed by atoms with Crippen LogP contribution in [0.4, 0.5) is 11.4 Å². The molecule has 2 aromatic rings. The lowest BCUT2D eigenvalue weighted by molar-refractivity contribution is -0.384. The first-order valence-corrected chi connectivity index (χ1v) is 6.93. The highest BCUT2D eigenvalue weighted by Crippen LogP contribution is 2.36. The maximum atomic E-state index is 12.4. The maximum absolute atomic E-state index is 12.4. The van der Waals surface area contributed by atoms with Crippen LogP contribution in [0.3, 0.4) is 0 Å². The Morgan fingerprint density at radius 1 is 1.09 bits per heavy atom. The number of ether oxygens (including phenoxy) is 1. The van der Waals surface area contributed by atoms with Crippen molar-refractivity contribution in [1.82, 2.24) is 0 Å². The highest BCUT2D eigenvalue weighted by molar-refractivity contribution is 6.35. The fourth-order valence-corrected chi connectivity index (χ4v) is 2.50. The first kappa shape index (κ1) is 14.7. The average molecular weight is 312 g/mol. The number of rotatable bonds is 4.